The third-order valence-corrected chi connectivity index (χ3v) is 5.23. The second kappa shape index (κ2) is 28.9. The zero-order valence-electron chi connectivity index (χ0n) is 16.3. The standard InChI is InChI=1S/C5H10Br2O2.C5H10N6O2.CH3F.N3.Na/c6-1-5(2-7,3-8)4-9;6-10-8-1-5(3-12,4-13)2-9-11-7;1-2;1-3-2;/h8-9H,1-4H2;12-13H,1-4H2;1H3;;/q;;;-1;+1/i;;1D;;. The van der Waals surface area contributed by atoms with Crippen LogP contribution in [0.25, 0.3) is 36.9 Å². The summed E-state index contributed by atoms with van der Waals surface area (Å²) in [6.45, 7) is -1.01. The van der Waals surface area contributed by atoms with Gasteiger partial charge in [0.1, 0.15) is 0 Å². The molecule has 13 nitrogen and oxygen atoms in total. The number of aliphatic hydroxyl groups excluding tert-OH is 4. The van der Waals surface area contributed by atoms with Gasteiger partial charge in [-0.15, -0.1) is 0 Å². The van der Waals surface area contributed by atoms with Crippen molar-refractivity contribution in [3.05, 3.63) is 36.9 Å². The number of hydrogen-bond acceptors (Lipinski definition) is 6. The quantitative estimate of drug-likeness (QED) is 0.0952. The van der Waals surface area contributed by atoms with Crippen LogP contribution in [0.3, 0.4) is 0 Å². The van der Waals surface area contributed by atoms with E-state index in [2.05, 4.69) is 51.9 Å². The molecule has 17 heteroatoms. The van der Waals surface area contributed by atoms with Crippen LogP contribution in [0.5, 0.6) is 0 Å². The molecular weight excluding hydrogens is 524 g/mol. The first-order valence-corrected chi connectivity index (χ1v) is 8.97. The maximum Gasteiger partial charge on any atom is 1.00 e. The van der Waals surface area contributed by atoms with Gasteiger partial charge in [0, 0.05) is 44.4 Å². The number of rotatable bonds is 10. The summed E-state index contributed by atoms with van der Waals surface area (Å²) < 4.78 is 15.5. The number of aliphatic hydroxyl groups is 4. The molecule has 0 fully saturated rings. The summed E-state index contributed by atoms with van der Waals surface area (Å²) in [6.07, 6.45) is 0. The fraction of sp³-hybridized carbons (Fsp3) is 1.00. The van der Waals surface area contributed by atoms with Crippen molar-refractivity contribution in [3.63, 3.8) is 0 Å². The summed E-state index contributed by atoms with van der Waals surface area (Å²) >= 11 is 6.41. The Morgan fingerprint density at radius 2 is 1.11 bits per heavy atom. The van der Waals surface area contributed by atoms with Gasteiger partial charge in [0.05, 0.1) is 35.0 Å². The van der Waals surface area contributed by atoms with Crippen LogP contribution in [0.15, 0.2) is 10.2 Å². The summed E-state index contributed by atoms with van der Waals surface area (Å²) in [5, 5.41) is 43.0. The molecule has 0 heterocycles. The maximum atomic E-state index is 9.96. The second-order valence-electron chi connectivity index (χ2n) is 4.77. The van der Waals surface area contributed by atoms with Crippen molar-refractivity contribution in [2.45, 2.75) is 0 Å². The molecule has 0 aromatic rings. The molecule has 0 unspecified atom stereocenters. The van der Waals surface area contributed by atoms with Crippen LogP contribution in [0, 0.1) is 10.8 Å². The second-order valence-corrected chi connectivity index (χ2v) is 5.89. The minimum absolute atomic E-state index is 0. The molecule has 0 saturated carbocycles. The zero-order valence-corrected chi connectivity index (χ0v) is 20.5. The molecule has 0 atom stereocenters. The predicted octanol–water partition coefficient (Wildman–Crippen LogP) is -0.219. The fourth-order valence-electron chi connectivity index (χ4n) is 0.918. The van der Waals surface area contributed by atoms with E-state index in [1.807, 2.05) is 0 Å². The molecule has 0 aromatic heterocycles. The van der Waals surface area contributed by atoms with E-state index >= 15 is 0 Å². The van der Waals surface area contributed by atoms with Crippen molar-refractivity contribution in [1.82, 2.24) is 0 Å². The number of nitrogens with zero attached hydrogens (tertiary/aromatic N) is 9. The first-order chi connectivity index (χ1) is 13.3. The Kier molecular flexibility index (Phi) is 36.2. The summed E-state index contributed by atoms with van der Waals surface area (Å²) in [7, 11) is -1.00. The van der Waals surface area contributed by atoms with Gasteiger partial charge in [-0.05, 0) is 11.1 Å². The van der Waals surface area contributed by atoms with Gasteiger partial charge >= 0.3 is 29.6 Å². The molecule has 28 heavy (non-hydrogen) atoms. The molecule has 158 valence electrons. The van der Waals surface area contributed by atoms with E-state index in [1.54, 1.807) is 0 Å². The molecule has 0 bridgehead atoms. The number of hydrogen-bond donors (Lipinski definition) is 4. The van der Waals surface area contributed by atoms with Gasteiger partial charge < -0.3 is 31.5 Å². The van der Waals surface area contributed by atoms with Crippen molar-refractivity contribution in [2.75, 3.05) is 57.3 Å². The molecular formula is C11H23Br2FN9NaO4. The van der Waals surface area contributed by atoms with Crippen LogP contribution in [0.4, 0.5) is 4.39 Å². The van der Waals surface area contributed by atoms with Gasteiger partial charge in [0.25, 0.3) is 0 Å². The number of azide groups is 2. The number of halogens is 3. The molecule has 0 radical (unpaired) electrons. The van der Waals surface area contributed by atoms with Gasteiger partial charge in [0.15, 0.2) is 0 Å². The average molecular weight is 548 g/mol. The van der Waals surface area contributed by atoms with E-state index < -0.39 is 25.8 Å². The van der Waals surface area contributed by atoms with Gasteiger partial charge in [-0.25, -0.2) is 0 Å². The minimum Gasteiger partial charge on any atom is -0.396 e. The molecule has 0 aliphatic heterocycles. The monoisotopic (exact) mass is 546 g/mol. The summed E-state index contributed by atoms with van der Waals surface area (Å²) in [5.41, 5.74) is 28.1. The van der Waals surface area contributed by atoms with Crippen molar-refractivity contribution >= 4 is 31.9 Å². The summed E-state index contributed by atoms with van der Waals surface area (Å²) in [5.74, 6) is 0. The van der Waals surface area contributed by atoms with Crippen molar-refractivity contribution in [3.8, 4) is 0 Å². The first kappa shape index (κ1) is 35.1. The Balaban J connectivity index is -0.000000104. The molecule has 0 rings (SSSR count). The van der Waals surface area contributed by atoms with Crippen LogP contribution in [0.1, 0.15) is 1.37 Å². The average Bonchev–Trinajstić information content (AvgIpc) is 2.73. The van der Waals surface area contributed by atoms with Gasteiger partial charge in [0.2, 0.25) is 0 Å². The minimum atomic E-state index is -1.04. The van der Waals surface area contributed by atoms with Crippen LogP contribution in [-0.4, -0.2) is 77.8 Å². The van der Waals surface area contributed by atoms with Crippen molar-refractivity contribution in [2.24, 2.45) is 21.1 Å². The Bertz CT molecular complexity index is 449. The van der Waals surface area contributed by atoms with E-state index in [0.29, 0.717) is 10.7 Å². The normalized spacial score (nSPS) is 9.46. The summed E-state index contributed by atoms with van der Waals surface area (Å²) in [4.78, 5) is 6.48. The van der Waals surface area contributed by atoms with Gasteiger partial charge in [-0.2, -0.15) is 0 Å². The maximum absolute atomic E-state index is 9.96. The molecule has 0 amide bonds. The third kappa shape index (κ3) is 20.4. The van der Waals surface area contributed by atoms with Gasteiger partial charge in [-0.3, -0.25) is 9.30 Å². The van der Waals surface area contributed by atoms with E-state index in [1.165, 1.54) is 4.91 Å². The van der Waals surface area contributed by atoms with E-state index in [0.717, 1.165) is 0 Å². The molecule has 0 saturated heterocycles. The van der Waals surface area contributed by atoms with E-state index in [4.69, 9.17) is 43.9 Å². The van der Waals surface area contributed by atoms with Crippen molar-refractivity contribution < 1.29 is 55.7 Å². The molecule has 0 aliphatic rings. The molecule has 0 spiro atoms. The van der Waals surface area contributed by atoms with Gasteiger partial charge in [-0.1, -0.05) is 42.1 Å². The third-order valence-electron chi connectivity index (χ3n) is 2.85. The smallest absolute Gasteiger partial charge is 0.396 e. The van der Waals surface area contributed by atoms with Crippen LogP contribution in [0.2, 0.25) is 0 Å². The Labute approximate surface area is 201 Å². The molecule has 4 N–H and O–H groups in total. The van der Waals surface area contributed by atoms with Crippen LogP contribution < -0.4 is 29.6 Å². The van der Waals surface area contributed by atoms with E-state index in [9.17, 15) is 4.39 Å². The summed E-state index contributed by atoms with van der Waals surface area (Å²) in [6, 6.07) is 0. The Morgan fingerprint density at radius 3 is 1.21 bits per heavy atom. The number of alkyl halides is 3. The fourth-order valence-corrected chi connectivity index (χ4v) is 2.56. The van der Waals surface area contributed by atoms with Crippen molar-refractivity contribution in [1.29, 1.82) is 0 Å². The first-order valence-electron chi connectivity index (χ1n) is 7.43. The van der Waals surface area contributed by atoms with E-state index in [-0.39, 0.29) is 61.3 Å². The Hall–Kier alpha value is -0.340. The van der Waals surface area contributed by atoms with Crippen LogP contribution >= 0.6 is 31.9 Å². The van der Waals surface area contributed by atoms with Crippen LogP contribution in [-0.2, 0) is 0 Å². The SMILES string of the molecule is OCC(CO)(CBr)CBr.[2H]CF.[N-]=[N+]=NCC(CO)(CO)CN=[N+]=[N-].[N-]=[N+]=[N-].[Na+]. The largest absolute Gasteiger partial charge is 1.00 e. The Morgan fingerprint density at radius 1 is 0.857 bits per heavy atom. The zero-order chi connectivity index (χ0) is 22.9. The molecule has 0 aliphatic carbocycles. The topological polar surface area (TPSA) is 237 Å². The predicted molar refractivity (Wildman–Crippen MR) is 106 cm³/mol. The molecule has 0 aromatic carbocycles.